The molecular formula is C15H17N5O3S. The molecule has 24 heavy (non-hydrogen) atoms. The summed E-state index contributed by atoms with van der Waals surface area (Å²) in [5.74, 6) is -0.704. The second-order valence-corrected chi connectivity index (χ2v) is 6.02. The monoisotopic (exact) mass is 347 g/mol. The molecule has 0 aromatic carbocycles. The summed E-state index contributed by atoms with van der Waals surface area (Å²) in [6.45, 7) is 2.01. The Balaban J connectivity index is 1.57. The quantitative estimate of drug-likeness (QED) is 0.699. The maximum atomic E-state index is 12.3. The molecule has 1 amide bonds. The lowest BCUT2D eigenvalue weighted by atomic mass is 10.0. The molecule has 0 spiro atoms. The Hall–Kier alpha value is -2.36. The van der Waals surface area contributed by atoms with Gasteiger partial charge in [-0.25, -0.2) is 20.6 Å². The molecule has 3 rings (SSSR count). The molecule has 0 bridgehead atoms. The summed E-state index contributed by atoms with van der Waals surface area (Å²) >= 11 is 1.19. The van der Waals surface area contributed by atoms with E-state index in [0.717, 1.165) is 5.56 Å². The number of thiazole rings is 1. The number of pyridine rings is 1. The minimum atomic E-state index is -0.494. The highest BCUT2D eigenvalue weighted by molar-refractivity contribution is 7.14. The van der Waals surface area contributed by atoms with Crippen molar-refractivity contribution in [2.24, 2.45) is 0 Å². The number of rotatable bonds is 5. The second-order valence-electron chi connectivity index (χ2n) is 5.16. The number of carbonyl (C=O) groups is 2. The van der Waals surface area contributed by atoms with Gasteiger partial charge in [0.15, 0.2) is 10.8 Å². The van der Waals surface area contributed by atoms with Crippen LogP contribution in [0.25, 0.3) is 0 Å². The first-order valence-electron chi connectivity index (χ1n) is 7.52. The summed E-state index contributed by atoms with van der Waals surface area (Å²) < 4.78 is 4.87. The molecule has 1 saturated heterocycles. The van der Waals surface area contributed by atoms with Gasteiger partial charge in [0.2, 0.25) is 5.91 Å². The van der Waals surface area contributed by atoms with Gasteiger partial charge in [-0.3, -0.25) is 9.78 Å². The third kappa shape index (κ3) is 3.75. The smallest absolute Gasteiger partial charge is 0.357 e. The molecule has 1 aliphatic rings. The van der Waals surface area contributed by atoms with Crippen LogP contribution in [0.1, 0.15) is 35.4 Å². The Morgan fingerprint density at radius 2 is 2.33 bits per heavy atom. The molecule has 0 radical (unpaired) electrons. The van der Waals surface area contributed by atoms with Crippen LogP contribution in [0.15, 0.2) is 29.9 Å². The van der Waals surface area contributed by atoms with Gasteiger partial charge >= 0.3 is 5.97 Å². The Morgan fingerprint density at radius 3 is 3.08 bits per heavy atom. The van der Waals surface area contributed by atoms with Crippen LogP contribution < -0.4 is 16.2 Å². The minimum Gasteiger partial charge on any atom is -0.461 e. The highest BCUT2D eigenvalue weighted by Crippen LogP contribution is 2.23. The average molecular weight is 347 g/mol. The zero-order valence-electron chi connectivity index (χ0n) is 13.0. The number of amides is 1. The molecule has 1 fully saturated rings. The summed E-state index contributed by atoms with van der Waals surface area (Å²) in [7, 11) is 0. The van der Waals surface area contributed by atoms with Crippen molar-refractivity contribution < 1.29 is 14.3 Å². The topological polar surface area (TPSA) is 105 Å². The fraction of sp³-hybridized carbons (Fsp3) is 0.333. The van der Waals surface area contributed by atoms with Crippen molar-refractivity contribution in [2.45, 2.75) is 25.4 Å². The van der Waals surface area contributed by atoms with Crippen molar-refractivity contribution in [1.29, 1.82) is 0 Å². The van der Waals surface area contributed by atoms with Crippen molar-refractivity contribution in [3.05, 3.63) is 41.2 Å². The van der Waals surface area contributed by atoms with Crippen LogP contribution in [-0.2, 0) is 9.53 Å². The standard InChI is InChI=1S/C15H17N5O3S/c1-2-23-14(22)12-8-24-15(17-12)18-13(21)11-6-10(19-20-11)9-4-3-5-16-7-9/h3-5,7-8,10-11,19-20H,2,6H2,1H3,(H,17,18,21). The number of hydrogen-bond acceptors (Lipinski definition) is 8. The summed E-state index contributed by atoms with van der Waals surface area (Å²) in [6, 6.07) is 3.43. The predicted molar refractivity (Wildman–Crippen MR) is 88.4 cm³/mol. The first-order chi connectivity index (χ1) is 11.7. The predicted octanol–water partition coefficient (Wildman–Crippen LogP) is 1.26. The molecular weight excluding hydrogens is 330 g/mol. The van der Waals surface area contributed by atoms with Gasteiger partial charge in [0.1, 0.15) is 6.04 Å². The summed E-state index contributed by atoms with van der Waals surface area (Å²) in [6.07, 6.45) is 4.07. The van der Waals surface area contributed by atoms with Gasteiger partial charge in [-0.15, -0.1) is 11.3 Å². The van der Waals surface area contributed by atoms with E-state index in [-0.39, 0.29) is 24.2 Å². The van der Waals surface area contributed by atoms with Crippen LogP contribution in [-0.4, -0.2) is 34.5 Å². The Bertz CT molecular complexity index is 721. The van der Waals surface area contributed by atoms with Crippen LogP contribution in [0.3, 0.4) is 0 Å². The van der Waals surface area contributed by atoms with Gasteiger partial charge < -0.3 is 10.1 Å². The molecule has 2 atom stereocenters. The lowest BCUT2D eigenvalue weighted by Crippen LogP contribution is -2.39. The van der Waals surface area contributed by atoms with Crippen LogP contribution in [0.4, 0.5) is 5.13 Å². The molecule has 3 N–H and O–H groups in total. The van der Waals surface area contributed by atoms with E-state index in [0.29, 0.717) is 11.6 Å². The normalized spacial score (nSPS) is 19.9. The highest BCUT2D eigenvalue weighted by Gasteiger charge is 2.30. The largest absolute Gasteiger partial charge is 0.461 e. The van der Waals surface area contributed by atoms with E-state index in [1.807, 2.05) is 12.1 Å². The zero-order chi connectivity index (χ0) is 16.9. The second kappa shape index (κ2) is 7.47. The first kappa shape index (κ1) is 16.5. The molecule has 8 nitrogen and oxygen atoms in total. The summed E-state index contributed by atoms with van der Waals surface area (Å²) in [4.78, 5) is 32.1. The van der Waals surface area contributed by atoms with E-state index in [1.54, 1.807) is 24.7 Å². The van der Waals surface area contributed by atoms with Crippen LogP contribution in [0, 0.1) is 0 Å². The molecule has 2 aromatic heterocycles. The number of esters is 1. The molecule has 9 heteroatoms. The van der Waals surface area contributed by atoms with Crippen LogP contribution in [0.2, 0.25) is 0 Å². The van der Waals surface area contributed by atoms with Gasteiger partial charge in [0, 0.05) is 23.8 Å². The third-order valence-electron chi connectivity index (χ3n) is 3.53. The number of hydrogen-bond donors (Lipinski definition) is 3. The first-order valence-corrected chi connectivity index (χ1v) is 8.40. The van der Waals surface area contributed by atoms with Crippen molar-refractivity contribution in [3.8, 4) is 0 Å². The van der Waals surface area contributed by atoms with Crippen molar-refractivity contribution in [1.82, 2.24) is 20.8 Å². The molecule has 1 aliphatic heterocycles. The number of ether oxygens (including phenoxy) is 1. The number of nitrogens with one attached hydrogen (secondary N) is 3. The zero-order valence-corrected chi connectivity index (χ0v) is 13.8. The molecule has 2 unspecified atom stereocenters. The number of nitrogens with zero attached hydrogens (tertiary/aromatic N) is 2. The lowest BCUT2D eigenvalue weighted by molar-refractivity contribution is -0.117. The van der Waals surface area contributed by atoms with Crippen molar-refractivity contribution >= 4 is 28.3 Å². The van der Waals surface area contributed by atoms with Gasteiger partial charge in [0.25, 0.3) is 0 Å². The highest BCUT2D eigenvalue weighted by atomic mass is 32.1. The Kier molecular flexibility index (Phi) is 5.14. The molecule has 3 heterocycles. The van der Waals surface area contributed by atoms with Crippen molar-refractivity contribution in [2.75, 3.05) is 11.9 Å². The summed E-state index contributed by atoms with van der Waals surface area (Å²) in [5.41, 5.74) is 7.27. The summed E-state index contributed by atoms with van der Waals surface area (Å²) in [5, 5.41) is 4.65. The number of anilines is 1. The van der Waals surface area contributed by atoms with E-state index < -0.39 is 12.0 Å². The lowest BCUT2D eigenvalue weighted by Gasteiger charge is -2.08. The van der Waals surface area contributed by atoms with E-state index in [4.69, 9.17) is 4.74 Å². The van der Waals surface area contributed by atoms with E-state index in [2.05, 4.69) is 26.1 Å². The van der Waals surface area contributed by atoms with E-state index in [9.17, 15) is 9.59 Å². The number of aromatic nitrogens is 2. The SMILES string of the molecule is CCOC(=O)c1csc(NC(=O)C2CC(c3cccnc3)NN2)n1. The minimum absolute atomic E-state index is 0.0147. The van der Waals surface area contributed by atoms with Gasteiger partial charge in [-0.1, -0.05) is 6.07 Å². The maximum absolute atomic E-state index is 12.3. The van der Waals surface area contributed by atoms with E-state index >= 15 is 0 Å². The van der Waals surface area contributed by atoms with Gasteiger partial charge in [-0.2, -0.15) is 0 Å². The van der Waals surface area contributed by atoms with Crippen LogP contribution in [0.5, 0.6) is 0 Å². The number of hydrazine groups is 1. The fourth-order valence-electron chi connectivity index (χ4n) is 2.35. The average Bonchev–Trinajstić information content (AvgIpc) is 3.25. The van der Waals surface area contributed by atoms with Gasteiger partial charge in [0.05, 0.1) is 6.61 Å². The third-order valence-corrected chi connectivity index (χ3v) is 4.28. The molecule has 126 valence electrons. The van der Waals surface area contributed by atoms with Crippen molar-refractivity contribution in [3.63, 3.8) is 0 Å². The Labute approximate surface area is 142 Å². The van der Waals surface area contributed by atoms with Gasteiger partial charge in [-0.05, 0) is 25.0 Å². The molecule has 0 aliphatic carbocycles. The fourth-order valence-corrected chi connectivity index (χ4v) is 3.03. The Morgan fingerprint density at radius 1 is 1.46 bits per heavy atom. The maximum Gasteiger partial charge on any atom is 0.357 e. The van der Waals surface area contributed by atoms with Crippen LogP contribution >= 0.6 is 11.3 Å². The van der Waals surface area contributed by atoms with E-state index in [1.165, 1.54) is 11.3 Å². The number of carbonyl (C=O) groups excluding carboxylic acids is 2. The molecule has 2 aromatic rings. The molecule has 0 saturated carbocycles.